The van der Waals surface area contributed by atoms with Gasteiger partial charge in [0, 0.05) is 10.0 Å². The second kappa shape index (κ2) is 5.04. The molecule has 3 nitrogen and oxygen atoms in total. The Morgan fingerprint density at radius 2 is 2.12 bits per heavy atom. The summed E-state index contributed by atoms with van der Waals surface area (Å²) in [6.07, 6.45) is 0.832. The molecule has 1 atom stereocenters. The van der Waals surface area contributed by atoms with Crippen molar-refractivity contribution in [3.63, 3.8) is 0 Å². The van der Waals surface area contributed by atoms with Crippen LogP contribution in [-0.2, 0) is 11.2 Å². The standard InChI is InChI=1S/C11H13Cl2NO2/c1-11(14,10(15)16)5-4-7-2-3-8(12)6-9(7)13/h2-3,6H,4-5,14H2,1H3,(H,15,16). The van der Waals surface area contributed by atoms with Gasteiger partial charge in [-0.2, -0.15) is 0 Å². The number of benzene rings is 1. The van der Waals surface area contributed by atoms with E-state index in [-0.39, 0.29) is 0 Å². The fourth-order valence-electron chi connectivity index (χ4n) is 1.23. The van der Waals surface area contributed by atoms with E-state index in [1.165, 1.54) is 6.92 Å². The number of carboxylic acid groups (broad SMARTS) is 1. The number of hydrogen-bond donors (Lipinski definition) is 2. The Balaban J connectivity index is 2.72. The summed E-state index contributed by atoms with van der Waals surface area (Å²) in [5, 5.41) is 9.95. The summed E-state index contributed by atoms with van der Waals surface area (Å²) in [5.41, 5.74) is 5.24. The van der Waals surface area contributed by atoms with Gasteiger partial charge in [0.2, 0.25) is 0 Å². The third-order valence-corrected chi connectivity index (χ3v) is 3.00. The van der Waals surface area contributed by atoms with Gasteiger partial charge in [-0.25, -0.2) is 0 Å². The molecule has 0 aromatic heterocycles. The Labute approximate surface area is 104 Å². The number of halogens is 2. The fraction of sp³-hybridized carbons (Fsp3) is 0.364. The highest BCUT2D eigenvalue weighted by atomic mass is 35.5. The first kappa shape index (κ1) is 13.3. The van der Waals surface area contributed by atoms with Crippen molar-refractivity contribution in [3.05, 3.63) is 33.8 Å². The lowest BCUT2D eigenvalue weighted by atomic mass is 9.94. The van der Waals surface area contributed by atoms with Crippen molar-refractivity contribution >= 4 is 29.2 Å². The molecule has 0 amide bonds. The Hall–Kier alpha value is -0.770. The molecule has 0 aliphatic heterocycles. The minimum atomic E-state index is -1.23. The van der Waals surface area contributed by atoms with Gasteiger partial charge >= 0.3 is 5.97 Å². The van der Waals surface area contributed by atoms with Crippen molar-refractivity contribution < 1.29 is 9.90 Å². The summed E-state index contributed by atoms with van der Waals surface area (Å²) in [6.45, 7) is 1.49. The predicted octanol–water partition coefficient (Wildman–Crippen LogP) is 2.73. The lowest BCUT2D eigenvalue weighted by Crippen LogP contribution is -2.45. The van der Waals surface area contributed by atoms with Gasteiger partial charge in [-0.15, -0.1) is 0 Å². The summed E-state index contributed by atoms with van der Waals surface area (Å²) in [5.74, 6) is -1.02. The van der Waals surface area contributed by atoms with Gasteiger partial charge in [0.1, 0.15) is 5.54 Å². The van der Waals surface area contributed by atoms with Gasteiger partial charge < -0.3 is 10.8 Å². The van der Waals surface area contributed by atoms with Crippen LogP contribution in [0, 0.1) is 0 Å². The topological polar surface area (TPSA) is 63.3 Å². The number of rotatable bonds is 4. The molecular formula is C11H13Cl2NO2. The minimum absolute atomic E-state index is 0.323. The molecule has 0 saturated carbocycles. The van der Waals surface area contributed by atoms with E-state index in [4.69, 9.17) is 34.0 Å². The van der Waals surface area contributed by atoms with Crippen LogP contribution < -0.4 is 5.73 Å². The van der Waals surface area contributed by atoms with E-state index in [1.54, 1.807) is 18.2 Å². The summed E-state index contributed by atoms with van der Waals surface area (Å²) in [7, 11) is 0. The third-order valence-electron chi connectivity index (χ3n) is 2.42. The van der Waals surface area contributed by atoms with Crippen molar-refractivity contribution in [2.45, 2.75) is 25.3 Å². The van der Waals surface area contributed by atoms with Gasteiger partial charge in [-0.3, -0.25) is 4.79 Å². The van der Waals surface area contributed by atoms with Crippen LogP contribution in [0.5, 0.6) is 0 Å². The Morgan fingerprint density at radius 3 is 2.62 bits per heavy atom. The van der Waals surface area contributed by atoms with Gasteiger partial charge in [0.05, 0.1) is 0 Å². The van der Waals surface area contributed by atoms with E-state index in [9.17, 15) is 4.79 Å². The van der Waals surface area contributed by atoms with Gasteiger partial charge in [-0.1, -0.05) is 29.3 Å². The highest BCUT2D eigenvalue weighted by Gasteiger charge is 2.27. The van der Waals surface area contributed by atoms with Crippen molar-refractivity contribution in [2.75, 3.05) is 0 Å². The normalized spacial score (nSPS) is 14.5. The molecule has 1 aromatic rings. The number of carboxylic acids is 1. The maximum Gasteiger partial charge on any atom is 0.323 e. The lowest BCUT2D eigenvalue weighted by Gasteiger charge is -2.19. The first-order chi connectivity index (χ1) is 7.33. The van der Waals surface area contributed by atoms with Crippen molar-refractivity contribution in [1.29, 1.82) is 0 Å². The van der Waals surface area contributed by atoms with E-state index in [1.807, 2.05) is 0 Å². The largest absolute Gasteiger partial charge is 0.480 e. The van der Waals surface area contributed by atoms with Gasteiger partial charge in [0.25, 0.3) is 0 Å². The van der Waals surface area contributed by atoms with Crippen LogP contribution in [0.15, 0.2) is 18.2 Å². The van der Waals surface area contributed by atoms with Gasteiger partial charge in [-0.05, 0) is 37.5 Å². The summed E-state index contributed by atoms with van der Waals surface area (Å²) >= 11 is 11.7. The van der Waals surface area contributed by atoms with Crippen LogP contribution in [0.25, 0.3) is 0 Å². The zero-order valence-electron chi connectivity index (χ0n) is 8.84. The first-order valence-electron chi connectivity index (χ1n) is 4.79. The molecule has 5 heteroatoms. The zero-order valence-corrected chi connectivity index (χ0v) is 10.3. The Kier molecular flexibility index (Phi) is 4.19. The minimum Gasteiger partial charge on any atom is -0.480 e. The molecule has 1 rings (SSSR count). The Bertz CT molecular complexity index is 405. The molecule has 0 spiro atoms. The van der Waals surface area contributed by atoms with E-state index < -0.39 is 11.5 Å². The summed E-state index contributed by atoms with van der Waals surface area (Å²) in [6, 6.07) is 5.13. The first-order valence-corrected chi connectivity index (χ1v) is 5.55. The SMILES string of the molecule is CC(N)(CCc1ccc(Cl)cc1Cl)C(=O)O. The van der Waals surface area contributed by atoms with E-state index in [0.717, 1.165) is 5.56 Å². The molecule has 0 saturated heterocycles. The van der Waals surface area contributed by atoms with Crippen LogP contribution in [-0.4, -0.2) is 16.6 Å². The maximum absolute atomic E-state index is 10.8. The van der Waals surface area contributed by atoms with Crippen LogP contribution in [0.3, 0.4) is 0 Å². The zero-order chi connectivity index (χ0) is 12.3. The molecule has 0 heterocycles. The molecule has 0 radical (unpaired) electrons. The molecule has 88 valence electrons. The molecule has 1 unspecified atom stereocenters. The molecule has 0 aliphatic rings. The number of carbonyl (C=O) groups is 1. The highest BCUT2D eigenvalue weighted by molar-refractivity contribution is 6.35. The maximum atomic E-state index is 10.8. The van der Waals surface area contributed by atoms with Crippen LogP contribution in [0.2, 0.25) is 10.0 Å². The number of nitrogens with two attached hydrogens (primary N) is 1. The van der Waals surface area contributed by atoms with Crippen molar-refractivity contribution in [1.82, 2.24) is 0 Å². The van der Waals surface area contributed by atoms with E-state index in [0.29, 0.717) is 22.9 Å². The van der Waals surface area contributed by atoms with Crippen molar-refractivity contribution in [2.24, 2.45) is 5.73 Å². The van der Waals surface area contributed by atoms with Crippen molar-refractivity contribution in [3.8, 4) is 0 Å². The molecule has 1 aromatic carbocycles. The summed E-state index contributed by atoms with van der Waals surface area (Å²) < 4.78 is 0. The lowest BCUT2D eigenvalue weighted by molar-refractivity contribution is -0.142. The van der Waals surface area contributed by atoms with Crippen LogP contribution >= 0.6 is 23.2 Å². The average Bonchev–Trinajstić information content (AvgIpc) is 2.16. The smallest absolute Gasteiger partial charge is 0.323 e. The second-order valence-corrected chi connectivity index (χ2v) is 4.80. The molecule has 3 N–H and O–H groups in total. The highest BCUT2D eigenvalue weighted by Crippen LogP contribution is 2.23. The van der Waals surface area contributed by atoms with Crippen LogP contribution in [0.1, 0.15) is 18.9 Å². The molecule has 0 fully saturated rings. The molecule has 16 heavy (non-hydrogen) atoms. The van der Waals surface area contributed by atoms with Crippen LogP contribution in [0.4, 0.5) is 0 Å². The quantitative estimate of drug-likeness (QED) is 0.876. The average molecular weight is 262 g/mol. The Morgan fingerprint density at radius 1 is 1.50 bits per heavy atom. The molecule has 0 bridgehead atoms. The second-order valence-electron chi connectivity index (χ2n) is 3.96. The summed E-state index contributed by atoms with van der Waals surface area (Å²) in [4.78, 5) is 10.8. The number of aryl methyl sites for hydroxylation is 1. The monoisotopic (exact) mass is 261 g/mol. The van der Waals surface area contributed by atoms with E-state index in [2.05, 4.69) is 0 Å². The predicted molar refractivity (Wildman–Crippen MR) is 65.0 cm³/mol. The molecular weight excluding hydrogens is 249 g/mol. The number of hydrogen-bond acceptors (Lipinski definition) is 2. The molecule has 0 aliphatic carbocycles. The van der Waals surface area contributed by atoms with Gasteiger partial charge in [0.15, 0.2) is 0 Å². The van der Waals surface area contributed by atoms with E-state index >= 15 is 0 Å². The fourth-order valence-corrected chi connectivity index (χ4v) is 1.73. The number of aliphatic carboxylic acids is 1. The third kappa shape index (κ3) is 3.37.